The summed E-state index contributed by atoms with van der Waals surface area (Å²) in [5, 5.41) is 0. The van der Waals surface area contributed by atoms with Crippen molar-refractivity contribution >= 4 is 9.84 Å². The molecule has 0 aromatic heterocycles. The molecule has 1 saturated heterocycles. The van der Waals surface area contributed by atoms with Gasteiger partial charge in [0.05, 0.1) is 23.9 Å². The molecule has 0 atom stereocenters. The first-order chi connectivity index (χ1) is 12.1. The van der Waals surface area contributed by atoms with Gasteiger partial charge in [-0.15, -0.1) is 0 Å². The van der Waals surface area contributed by atoms with E-state index < -0.39 is 15.6 Å². The van der Waals surface area contributed by atoms with Gasteiger partial charge in [0.1, 0.15) is 0 Å². The lowest BCUT2D eigenvalue weighted by Crippen LogP contribution is -2.30. The molecular formula is C20H32O4S. The molecule has 0 saturated carbocycles. The molecule has 142 valence electrons. The average Bonchev–Trinajstić information content (AvgIpc) is 3.08. The lowest BCUT2D eigenvalue weighted by molar-refractivity contribution is -0.168. The summed E-state index contributed by atoms with van der Waals surface area (Å²) >= 11 is 0. The van der Waals surface area contributed by atoms with Gasteiger partial charge in [-0.05, 0) is 31.4 Å². The number of ether oxygens (including phenoxy) is 2. The van der Waals surface area contributed by atoms with Crippen molar-refractivity contribution in [3.63, 3.8) is 0 Å². The summed E-state index contributed by atoms with van der Waals surface area (Å²) in [6.07, 6.45) is 9.17. The van der Waals surface area contributed by atoms with E-state index >= 15 is 0 Å². The fourth-order valence-electron chi connectivity index (χ4n) is 3.34. The van der Waals surface area contributed by atoms with Crippen molar-refractivity contribution in [1.82, 2.24) is 0 Å². The quantitative estimate of drug-likeness (QED) is 0.500. The first kappa shape index (κ1) is 20.4. The van der Waals surface area contributed by atoms with Crippen molar-refractivity contribution < 1.29 is 17.9 Å². The van der Waals surface area contributed by atoms with Crippen molar-refractivity contribution in [2.24, 2.45) is 0 Å². The fourth-order valence-corrected chi connectivity index (χ4v) is 4.73. The third kappa shape index (κ3) is 6.72. The van der Waals surface area contributed by atoms with Crippen LogP contribution in [0.4, 0.5) is 0 Å². The van der Waals surface area contributed by atoms with E-state index in [0.717, 1.165) is 32.1 Å². The molecule has 25 heavy (non-hydrogen) atoms. The monoisotopic (exact) mass is 368 g/mol. The Morgan fingerprint density at radius 2 is 1.48 bits per heavy atom. The predicted molar refractivity (Wildman–Crippen MR) is 100 cm³/mol. The largest absolute Gasteiger partial charge is 0.348 e. The summed E-state index contributed by atoms with van der Waals surface area (Å²) in [5.41, 5.74) is 0. The summed E-state index contributed by atoms with van der Waals surface area (Å²) < 4.78 is 36.3. The molecule has 1 aromatic rings. The normalized spacial score (nSPS) is 17.0. The van der Waals surface area contributed by atoms with Crippen LogP contribution in [0.1, 0.15) is 64.7 Å². The molecule has 1 aromatic carbocycles. The highest BCUT2D eigenvalue weighted by Crippen LogP contribution is 2.31. The summed E-state index contributed by atoms with van der Waals surface area (Å²) in [6.45, 7) is 3.56. The van der Waals surface area contributed by atoms with Crippen molar-refractivity contribution in [2.45, 2.75) is 75.4 Å². The fraction of sp³-hybridized carbons (Fsp3) is 0.700. The molecule has 1 heterocycles. The van der Waals surface area contributed by atoms with Gasteiger partial charge < -0.3 is 9.47 Å². The molecule has 1 aliphatic rings. The van der Waals surface area contributed by atoms with Crippen LogP contribution in [0.25, 0.3) is 0 Å². The van der Waals surface area contributed by atoms with Gasteiger partial charge in [-0.2, -0.15) is 0 Å². The predicted octanol–water partition coefficient (Wildman–Crippen LogP) is 4.73. The minimum absolute atomic E-state index is 0.211. The molecule has 0 spiro atoms. The molecule has 1 fully saturated rings. The standard InChI is InChI=1S/C20H32O4S/c1-2-3-4-9-14-20(23-16-17-24-20)15-10-6-11-18-25(21,22)19-12-7-5-8-13-19/h5,7-8,12-13H,2-4,6,9-11,14-18H2,1H3. The first-order valence-corrected chi connectivity index (χ1v) is 11.3. The van der Waals surface area contributed by atoms with E-state index in [2.05, 4.69) is 6.92 Å². The zero-order valence-electron chi connectivity index (χ0n) is 15.4. The van der Waals surface area contributed by atoms with Crippen LogP contribution in [-0.4, -0.2) is 33.2 Å². The van der Waals surface area contributed by atoms with Crippen LogP contribution in [0.3, 0.4) is 0 Å². The highest BCUT2D eigenvalue weighted by Gasteiger charge is 2.35. The number of hydrogen-bond donors (Lipinski definition) is 0. The van der Waals surface area contributed by atoms with Crippen molar-refractivity contribution in [3.05, 3.63) is 30.3 Å². The molecule has 2 rings (SSSR count). The number of unbranched alkanes of at least 4 members (excludes halogenated alkanes) is 5. The maximum Gasteiger partial charge on any atom is 0.178 e. The van der Waals surface area contributed by atoms with E-state index in [0.29, 0.717) is 24.5 Å². The van der Waals surface area contributed by atoms with Crippen LogP contribution in [0, 0.1) is 0 Å². The Balaban J connectivity index is 1.70. The molecule has 0 bridgehead atoms. The molecule has 0 N–H and O–H groups in total. The van der Waals surface area contributed by atoms with Crippen LogP contribution >= 0.6 is 0 Å². The van der Waals surface area contributed by atoms with Gasteiger partial charge >= 0.3 is 0 Å². The second kappa shape index (κ2) is 10.3. The number of sulfone groups is 1. The Kier molecular flexibility index (Phi) is 8.40. The molecule has 0 aliphatic carbocycles. The van der Waals surface area contributed by atoms with E-state index in [1.54, 1.807) is 24.3 Å². The van der Waals surface area contributed by atoms with Crippen LogP contribution in [0.2, 0.25) is 0 Å². The van der Waals surface area contributed by atoms with Crippen LogP contribution in [0.5, 0.6) is 0 Å². The van der Waals surface area contributed by atoms with E-state index in [9.17, 15) is 8.42 Å². The highest BCUT2D eigenvalue weighted by molar-refractivity contribution is 7.91. The lowest BCUT2D eigenvalue weighted by atomic mass is 10.0. The third-order valence-electron chi connectivity index (χ3n) is 4.80. The van der Waals surface area contributed by atoms with Gasteiger partial charge in [0.2, 0.25) is 0 Å². The van der Waals surface area contributed by atoms with Crippen LogP contribution < -0.4 is 0 Å². The first-order valence-electron chi connectivity index (χ1n) is 9.64. The molecule has 5 heteroatoms. The summed E-state index contributed by atoms with van der Waals surface area (Å²) in [4.78, 5) is 0.421. The van der Waals surface area contributed by atoms with Gasteiger partial charge in [0, 0.05) is 12.8 Å². The Morgan fingerprint density at radius 1 is 0.880 bits per heavy atom. The Hall–Kier alpha value is -0.910. The number of hydrogen-bond acceptors (Lipinski definition) is 4. The summed E-state index contributed by atoms with van der Waals surface area (Å²) in [6, 6.07) is 8.70. The topological polar surface area (TPSA) is 52.6 Å². The van der Waals surface area contributed by atoms with Gasteiger partial charge in [0.25, 0.3) is 0 Å². The van der Waals surface area contributed by atoms with Crippen LogP contribution in [-0.2, 0) is 19.3 Å². The van der Waals surface area contributed by atoms with Crippen molar-refractivity contribution in [1.29, 1.82) is 0 Å². The maximum atomic E-state index is 12.3. The maximum absolute atomic E-state index is 12.3. The SMILES string of the molecule is CCCCCCC1(CCCCCS(=O)(=O)c2ccccc2)OCCO1. The Labute approximate surface area is 152 Å². The van der Waals surface area contributed by atoms with Gasteiger partial charge in [-0.25, -0.2) is 8.42 Å². The van der Waals surface area contributed by atoms with E-state index in [1.165, 1.54) is 19.3 Å². The Morgan fingerprint density at radius 3 is 2.08 bits per heavy atom. The molecule has 0 unspecified atom stereocenters. The molecular weight excluding hydrogens is 336 g/mol. The smallest absolute Gasteiger partial charge is 0.178 e. The highest BCUT2D eigenvalue weighted by atomic mass is 32.2. The molecule has 4 nitrogen and oxygen atoms in total. The third-order valence-corrected chi connectivity index (χ3v) is 6.61. The second-order valence-electron chi connectivity index (χ2n) is 6.86. The van der Waals surface area contributed by atoms with E-state index in [4.69, 9.17) is 9.47 Å². The zero-order chi connectivity index (χ0) is 18.0. The molecule has 0 amide bonds. The Bertz CT molecular complexity index is 577. The van der Waals surface area contributed by atoms with E-state index in [-0.39, 0.29) is 5.75 Å². The lowest BCUT2D eigenvalue weighted by Gasteiger charge is -2.27. The average molecular weight is 369 g/mol. The van der Waals surface area contributed by atoms with Crippen molar-refractivity contribution in [2.75, 3.05) is 19.0 Å². The summed E-state index contributed by atoms with van der Waals surface area (Å²) in [7, 11) is -3.16. The zero-order valence-corrected chi connectivity index (χ0v) is 16.2. The number of rotatable bonds is 12. The second-order valence-corrected chi connectivity index (χ2v) is 8.97. The summed E-state index contributed by atoms with van der Waals surface area (Å²) in [5.74, 6) is -0.200. The van der Waals surface area contributed by atoms with Gasteiger partial charge in [-0.3, -0.25) is 0 Å². The number of benzene rings is 1. The molecule has 0 radical (unpaired) electrons. The molecule has 1 aliphatic heterocycles. The van der Waals surface area contributed by atoms with E-state index in [1.807, 2.05) is 6.07 Å². The van der Waals surface area contributed by atoms with Crippen LogP contribution in [0.15, 0.2) is 35.2 Å². The minimum Gasteiger partial charge on any atom is -0.348 e. The van der Waals surface area contributed by atoms with Gasteiger partial charge in [-0.1, -0.05) is 50.8 Å². The van der Waals surface area contributed by atoms with Crippen molar-refractivity contribution in [3.8, 4) is 0 Å². The van der Waals surface area contributed by atoms with Gasteiger partial charge in [0.15, 0.2) is 15.6 Å². The minimum atomic E-state index is -3.16.